The number of unbranched alkanes of at least 4 members (excludes halogenated alkanes) is 1. The summed E-state index contributed by atoms with van der Waals surface area (Å²) in [5, 5.41) is 0. The summed E-state index contributed by atoms with van der Waals surface area (Å²) in [6.07, 6.45) is 4.31. The Hall–Kier alpha value is -0.0500. The maximum atomic E-state index is 5.08. The Morgan fingerprint density at radius 1 is 1.36 bits per heavy atom. The average Bonchev–Trinajstić information content (AvgIpc) is 2.02. The summed E-state index contributed by atoms with van der Waals surface area (Å²) in [4.78, 5) is 0. The molecule has 0 aromatic carbocycles. The summed E-state index contributed by atoms with van der Waals surface area (Å²) >= 11 is 0. The molecular weight excluding hydrogens is 198 g/mol. The fourth-order valence-electron chi connectivity index (χ4n) is 1.00. The zero-order valence-electron chi connectivity index (χ0n) is 10.3. The molecule has 0 unspecified atom stereocenters. The molecule has 0 heterocycles. The van der Waals surface area contributed by atoms with Crippen molar-refractivity contribution in [3.05, 3.63) is 12.7 Å². The molecule has 0 bridgehead atoms. The van der Waals surface area contributed by atoms with Crippen LogP contribution in [-0.4, -0.2) is 39.0 Å². The van der Waals surface area contributed by atoms with Gasteiger partial charge in [0, 0.05) is 7.11 Å². The van der Waals surface area contributed by atoms with Crippen molar-refractivity contribution < 1.29 is 21.6 Å². The van der Waals surface area contributed by atoms with Crippen molar-refractivity contribution in [2.75, 3.05) is 34.5 Å². The highest BCUT2D eigenvalue weighted by Crippen LogP contribution is 2.00. The normalized spacial score (nSPS) is 9.50. The fourth-order valence-corrected chi connectivity index (χ4v) is 1.00. The topological polar surface area (TPSA) is 9.23 Å². The highest BCUT2D eigenvalue weighted by molar-refractivity contribution is 4.51. The first-order valence-electron chi connectivity index (χ1n) is 4.92. The number of halogens is 1. The minimum Gasteiger partial charge on any atom is -1.00 e. The first-order chi connectivity index (χ1) is 6.04. The lowest BCUT2D eigenvalue weighted by molar-refractivity contribution is -0.909. The number of hydrogen-bond donors (Lipinski definition) is 0. The van der Waals surface area contributed by atoms with Crippen molar-refractivity contribution >= 4 is 0 Å². The second kappa shape index (κ2) is 12.9. The Morgan fingerprint density at radius 2 is 1.79 bits per heavy atom. The number of hydrogen-bond acceptors (Lipinski definition) is 1. The van der Waals surface area contributed by atoms with Crippen LogP contribution in [0, 0.1) is 0 Å². The van der Waals surface area contributed by atoms with Crippen LogP contribution in [0.4, 0.5) is 0 Å². The van der Waals surface area contributed by atoms with Crippen LogP contribution in [0.2, 0.25) is 0 Å². The molecule has 2 nitrogen and oxygen atoms in total. The molecule has 3 heteroatoms. The van der Waals surface area contributed by atoms with Crippen molar-refractivity contribution in [3.8, 4) is 0 Å². The summed E-state index contributed by atoms with van der Waals surface area (Å²) in [6.45, 7) is 9.50. The molecule has 0 aromatic rings. The Balaban J connectivity index is -0.000000267. The molecule has 0 amide bonds. The largest absolute Gasteiger partial charge is 1.00 e. The maximum Gasteiger partial charge on any atom is 0.182 e. The van der Waals surface area contributed by atoms with Gasteiger partial charge in [0.1, 0.15) is 0 Å². The lowest BCUT2D eigenvalue weighted by Gasteiger charge is -2.28. The molecule has 88 valence electrons. The van der Waals surface area contributed by atoms with Crippen LogP contribution in [-0.2, 0) is 4.74 Å². The van der Waals surface area contributed by atoms with Crippen LogP contribution in [0.3, 0.4) is 0 Å². The van der Waals surface area contributed by atoms with E-state index in [4.69, 9.17) is 4.74 Å². The van der Waals surface area contributed by atoms with Gasteiger partial charge < -0.3 is 21.6 Å². The third kappa shape index (κ3) is 17.9. The lowest BCUT2D eigenvalue weighted by Crippen LogP contribution is -3.00. The SMILES string of the molecule is C=CC.CCCC[N+](C)(C)COC.[Cl-]. The predicted molar refractivity (Wildman–Crippen MR) is 59.6 cm³/mol. The van der Waals surface area contributed by atoms with Gasteiger partial charge in [0.2, 0.25) is 0 Å². The summed E-state index contributed by atoms with van der Waals surface area (Å²) in [5.74, 6) is 0. The molecule has 0 fully saturated rings. The van der Waals surface area contributed by atoms with E-state index in [2.05, 4.69) is 27.6 Å². The van der Waals surface area contributed by atoms with Crippen molar-refractivity contribution in [2.24, 2.45) is 0 Å². The first-order valence-corrected chi connectivity index (χ1v) is 4.92. The minimum atomic E-state index is 0. The molecule has 0 spiro atoms. The summed E-state index contributed by atoms with van der Waals surface area (Å²) < 4.78 is 6.05. The quantitative estimate of drug-likeness (QED) is 0.352. The van der Waals surface area contributed by atoms with E-state index in [1.165, 1.54) is 19.4 Å². The molecule has 0 saturated carbocycles. The molecule has 0 N–H and O–H groups in total. The minimum absolute atomic E-state index is 0. The Bertz CT molecular complexity index is 116. The van der Waals surface area contributed by atoms with Gasteiger partial charge in [-0.15, -0.1) is 6.58 Å². The van der Waals surface area contributed by atoms with E-state index in [1.807, 2.05) is 6.92 Å². The van der Waals surface area contributed by atoms with E-state index in [0.717, 1.165) is 11.2 Å². The number of methoxy groups -OCH3 is 1. The molecule has 0 aliphatic heterocycles. The standard InChI is InChI=1S/C8H20NO.C3H6.ClH/c1-5-6-7-9(2,3)8-10-4;1-3-2;/h5-8H2,1-4H3;3H,1H2,2H3;1H/q+1;;/p-1. The number of rotatable bonds is 5. The second-order valence-corrected chi connectivity index (χ2v) is 3.84. The first kappa shape index (κ1) is 19.5. The van der Waals surface area contributed by atoms with Crippen molar-refractivity contribution in [2.45, 2.75) is 26.7 Å². The Morgan fingerprint density at radius 3 is 2.07 bits per heavy atom. The lowest BCUT2D eigenvalue weighted by atomic mass is 10.3. The van der Waals surface area contributed by atoms with Crippen LogP contribution in [0.15, 0.2) is 12.7 Å². The molecule has 0 rings (SSSR count). The van der Waals surface area contributed by atoms with Gasteiger partial charge in [-0.2, -0.15) is 0 Å². The van der Waals surface area contributed by atoms with Gasteiger partial charge in [-0.1, -0.05) is 19.4 Å². The predicted octanol–water partition coefficient (Wildman–Crippen LogP) is -0.337. The van der Waals surface area contributed by atoms with Crippen molar-refractivity contribution in [3.63, 3.8) is 0 Å². The van der Waals surface area contributed by atoms with E-state index in [1.54, 1.807) is 13.2 Å². The van der Waals surface area contributed by atoms with Gasteiger partial charge in [-0.25, -0.2) is 0 Å². The van der Waals surface area contributed by atoms with Crippen LogP contribution in [0.1, 0.15) is 26.7 Å². The zero-order chi connectivity index (χ0) is 10.7. The van der Waals surface area contributed by atoms with Crippen LogP contribution in [0.25, 0.3) is 0 Å². The van der Waals surface area contributed by atoms with Crippen LogP contribution < -0.4 is 12.4 Å². The fraction of sp³-hybridized carbons (Fsp3) is 0.818. The van der Waals surface area contributed by atoms with Crippen LogP contribution in [0.5, 0.6) is 0 Å². The van der Waals surface area contributed by atoms with E-state index in [9.17, 15) is 0 Å². The maximum absolute atomic E-state index is 5.08. The number of nitrogens with zero attached hydrogens (tertiary/aromatic N) is 1. The number of ether oxygens (including phenoxy) is 1. The third-order valence-electron chi connectivity index (χ3n) is 1.60. The molecule has 0 aromatic heterocycles. The van der Waals surface area contributed by atoms with Crippen molar-refractivity contribution in [1.82, 2.24) is 0 Å². The van der Waals surface area contributed by atoms with E-state index < -0.39 is 0 Å². The average molecular weight is 224 g/mol. The summed E-state index contributed by atoms with van der Waals surface area (Å²) in [7, 11) is 6.14. The van der Waals surface area contributed by atoms with Crippen molar-refractivity contribution in [1.29, 1.82) is 0 Å². The van der Waals surface area contributed by atoms with Gasteiger partial charge in [-0.05, 0) is 13.3 Å². The monoisotopic (exact) mass is 223 g/mol. The molecule has 0 radical (unpaired) electrons. The highest BCUT2D eigenvalue weighted by atomic mass is 35.5. The number of quaternary nitrogens is 1. The highest BCUT2D eigenvalue weighted by Gasteiger charge is 2.11. The molecule has 0 saturated heterocycles. The molecule has 0 atom stereocenters. The van der Waals surface area contributed by atoms with Gasteiger partial charge in [0.25, 0.3) is 0 Å². The molecular formula is C11H26ClNO. The zero-order valence-corrected chi connectivity index (χ0v) is 11.1. The molecule has 0 aliphatic rings. The van der Waals surface area contributed by atoms with E-state index in [0.29, 0.717) is 0 Å². The van der Waals surface area contributed by atoms with E-state index in [-0.39, 0.29) is 12.4 Å². The van der Waals surface area contributed by atoms with E-state index >= 15 is 0 Å². The van der Waals surface area contributed by atoms with Gasteiger partial charge >= 0.3 is 0 Å². The second-order valence-electron chi connectivity index (χ2n) is 3.84. The van der Waals surface area contributed by atoms with Gasteiger partial charge in [0.15, 0.2) is 6.73 Å². The Kier molecular flexibility index (Phi) is 18.0. The summed E-state index contributed by atoms with van der Waals surface area (Å²) in [6, 6.07) is 0. The number of allylic oxidation sites excluding steroid dienone is 1. The van der Waals surface area contributed by atoms with Gasteiger partial charge in [-0.3, -0.25) is 0 Å². The Labute approximate surface area is 95.9 Å². The van der Waals surface area contributed by atoms with Crippen LogP contribution >= 0.6 is 0 Å². The molecule has 0 aliphatic carbocycles. The smallest absolute Gasteiger partial charge is 0.182 e. The molecule has 14 heavy (non-hydrogen) atoms. The third-order valence-corrected chi connectivity index (χ3v) is 1.60. The summed E-state index contributed by atoms with van der Waals surface area (Å²) in [5.41, 5.74) is 0. The van der Waals surface area contributed by atoms with Gasteiger partial charge in [0.05, 0.1) is 20.6 Å².